The molecule has 2 nitrogen and oxygen atoms in total. The number of pyridine rings is 1. The van der Waals surface area contributed by atoms with Gasteiger partial charge in [-0.3, -0.25) is 9.78 Å². The van der Waals surface area contributed by atoms with E-state index in [0.717, 1.165) is 22.5 Å². The van der Waals surface area contributed by atoms with Crippen molar-refractivity contribution in [1.29, 1.82) is 0 Å². The van der Waals surface area contributed by atoms with E-state index in [-0.39, 0.29) is 18.0 Å². The Hall–Kier alpha value is -1.44. The quantitative estimate of drug-likeness (QED) is 0.742. The highest BCUT2D eigenvalue weighted by molar-refractivity contribution is 6.14. The topological polar surface area (TPSA) is 30.0 Å². The second-order valence-corrected chi connectivity index (χ2v) is 7.24. The first-order chi connectivity index (χ1) is 8.59. The zero-order valence-corrected chi connectivity index (χ0v) is 12.7. The van der Waals surface area contributed by atoms with Crippen LogP contribution >= 0.6 is 0 Å². The first-order valence-electron chi connectivity index (χ1n) is 6.72. The molecule has 0 aromatic carbocycles. The molecular formula is C17H24NO. The lowest BCUT2D eigenvalue weighted by atomic mass is 9.86. The maximum Gasteiger partial charge on any atom is 0.189 e. The fourth-order valence-electron chi connectivity index (χ4n) is 1.79. The van der Waals surface area contributed by atoms with Gasteiger partial charge in [-0.1, -0.05) is 47.6 Å². The van der Waals surface area contributed by atoms with E-state index in [1.54, 1.807) is 0 Å². The molecule has 1 radical (unpaired) electrons. The predicted molar refractivity (Wildman–Crippen MR) is 80.5 cm³/mol. The van der Waals surface area contributed by atoms with Crippen LogP contribution in [0, 0.1) is 6.42 Å². The van der Waals surface area contributed by atoms with Gasteiger partial charge in [-0.2, -0.15) is 0 Å². The number of allylic oxidation sites excluding steroid dienone is 2. The molecule has 0 amide bonds. The van der Waals surface area contributed by atoms with E-state index in [1.165, 1.54) is 0 Å². The molecule has 1 aliphatic rings. The van der Waals surface area contributed by atoms with Crippen LogP contribution in [0.3, 0.4) is 0 Å². The van der Waals surface area contributed by atoms with Crippen LogP contribution in [0.2, 0.25) is 0 Å². The van der Waals surface area contributed by atoms with Crippen molar-refractivity contribution in [2.24, 2.45) is 0 Å². The van der Waals surface area contributed by atoms with Gasteiger partial charge in [0.2, 0.25) is 0 Å². The summed E-state index contributed by atoms with van der Waals surface area (Å²) in [5.41, 5.74) is 3.40. The molecule has 1 aromatic heterocycles. The number of carbonyl (C=O) groups is 1. The molecule has 0 spiro atoms. The summed E-state index contributed by atoms with van der Waals surface area (Å²) in [6.45, 7) is 12.7. The first kappa shape index (κ1) is 14.0. The van der Waals surface area contributed by atoms with Gasteiger partial charge in [-0.15, -0.1) is 0 Å². The van der Waals surface area contributed by atoms with Gasteiger partial charge in [-0.25, -0.2) is 0 Å². The zero-order chi connectivity index (χ0) is 14.4. The summed E-state index contributed by atoms with van der Waals surface area (Å²) < 4.78 is 0. The fraction of sp³-hybridized carbons (Fsp3) is 0.471. The molecule has 19 heavy (non-hydrogen) atoms. The lowest BCUT2D eigenvalue weighted by molar-refractivity contribution is 0.104. The Balaban J connectivity index is 0.00000200. The van der Waals surface area contributed by atoms with Crippen LogP contribution in [0.15, 0.2) is 23.8 Å². The van der Waals surface area contributed by atoms with Crippen molar-refractivity contribution in [3.8, 4) is 0 Å². The molecule has 1 aromatic rings. The van der Waals surface area contributed by atoms with Crippen LogP contribution in [0.1, 0.15) is 64.7 Å². The maximum atomic E-state index is 12.2. The minimum absolute atomic E-state index is 0. The van der Waals surface area contributed by atoms with E-state index >= 15 is 0 Å². The fourth-order valence-corrected chi connectivity index (χ4v) is 1.79. The first-order valence-corrected chi connectivity index (χ1v) is 6.72. The van der Waals surface area contributed by atoms with Gasteiger partial charge in [0.1, 0.15) is 0 Å². The van der Waals surface area contributed by atoms with Crippen molar-refractivity contribution < 1.29 is 6.22 Å². The van der Waals surface area contributed by atoms with Crippen molar-refractivity contribution in [3.05, 3.63) is 47.2 Å². The SMILES string of the molecule is CC(C)(C)c1cc(C(=O)C2=C[CH]2)cc(C(C)(C)C)n1.[HH]. The highest BCUT2D eigenvalue weighted by Crippen LogP contribution is 2.30. The Morgan fingerprint density at radius 2 is 1.42 bits per heavy atom. The Kier molecular flexibility index (Phi) is 3.16. The summed E-state index contributed by atoms with van der Waals surface area (Å²) >= 11 is 0. The van der Waals surface area contributed by atoms with Crippen LogP contribution in [-0.4, -0.2) is 10.8 Å². The molecule has 2 rings (SSSR count). The number of nitrogens with zero attached hydrogens (tertiary/aromatic N) is 1. The number of hydrogen-bond acceptors (Lipinski definition) is 2. The third kappa shape index (κ3) is 3.12. The van der Waals surface area contributed by atoms with E-state index < -0.39 is 0 Å². The van der Waals surface area contributed by atoms with Crippen molar-refractivity contribution in [2.75, 3.05) is 0 Å². The molecule has 0 bridgehead atoms. The minimum Gasteiger partial charge on any atom is -0.289 e. The Morgan fingerprint density at radius 1 is 1.00 bits per heavy atom. The molecule has 1 heterocycles. The Bertz CT molecular complexity index is 527. The monoisotopic (exact) mass is 258 g/mol. The van der Waals surface area contributed by atoms with Crippen molar-refractivity contribution in [3.63, 3.8) is 0 Å². The molecule has 0 atom stereocenters. The van der Waals surface area contributed by atoms with Crippen LogP contribution < -0.4 is 0 Å². The number of Topliss-reactive ketones (excluding diaryl/α,β-unsaturated/α-hetero) is 1. The van der Waals surface area contributed by atoms with Crippen LogP contribution in [0.25, 0.3) is 0 Å². The Labute approximate surface area is 117 Å². The predicted octanol–water partition coefficient (Wildman–Crippen LogP) is 4.25. The average molecular weight is 258 g/mol. The average Bonchev–Trinajstić information content (AvgIpc) is 3.09. The van der Waals surface area contributed by atoms with Gasteiger partial charge in [0.15, 0.2) is 5.78 Å². The summed E-state index contributed by atoms with van der Waals surface area (Å²) in [5.74, 6) is 0.110. The minimum atomic E-state index is -0.0576. The smallest absolute Gasteiger partial charge is 0.189 e. The Morgan fingerprint density at radius 3 is 1.74 bits per heavy atom. The lowest BCUT2D eigenvalue weighted by Crippen LogP contribution is -2.21. The van der Waals surface area contributed by atoms with Crippen LogP contribution in [0.5, 0.6) is 0 Å². The summed E-state index contributed by atoms with van der Waals surface area (Å²) in [5, 5.41) is 0. The van der Waals surface area contributed by atoms with Gasteiger partial charge in [0.25, 0.3) is 0 Å². The van der Waals surface area contributed by atoms with E-state index in [1.807, 2.05) is 24.6 Å². The molecular weight excluding hydrogens is 234 g/mol. The summed E-state index contributed by atoms with van der Waals surface area (Å²) in [6.07, 6.45) is 3.71. The second-order valence-electron chi connectivity index (χ2n) is 7.24. The highest BCUT2D eigenvalue weighted by Gasteiger charge is 2.26. The molecule has 1 aliphatic carbocycles. The molecule has 0 N–H and O–H groups in total. The third-order valence-electron chi connectivity index (χ3n) is 3.22. The number of hydrogen-bond donors (Lipinski definition) is 0. The number of carbonyl (C=O) groups excluding carboxylic acids is 1. The van der Waals surface area contributed by atoms with Gasteiger partial charge >= 0.3 is 0 Å². The standard InChI is InChI=1S/C17H22NO.H2/c1-16(2,3)13-9-12(15(19)11-7-8-11)10-14(18-13)17(4,5)6;/h7-10H,1-6H3;1H. The molecule has 0 unspecified atom stereocenters. The van der Waals surface area contributed by atoms with E-state index in [0.29, 0.717) is 0 Å². The number of ketones is 1. The van der Waals surface area contributed by atoms with E-state index in [9.17, 15) is 4.79 Å². The van der Waals surface area contributed by atoms with Crippen molar-refractivity contribution in [1.82, 2.24) is 4.98 Å². The molecule has 0 saturated heterocycles. The van der Waals surface area contributed by atoms with E-state index in [4.69, 9.17) is 4.98 Å². The largest absolute Gasteiger partial charge is 0.289 e. The summed E-state index contributed by atoms with van der Waals surface area (Å²) in [7, 11) is 0. The van der Waals surface area contributed by atoms with Gasteiger partial charge in [-0.05, 0) is 12.1 Å². The zero-order valence-electron chi connectivity index (χ0n) is 12.7. The third-order valence-corrected chi connectivity index (χ3v) is 3.22. The van der Waals surface area contributed by atoms with Gasteiger partial charge in [0, 0.05) is 41.2 Å². The molecule has 2 heteroatoms. The molecule has 0 fully saturated rings. The van der Waals surface area contributed by atoms with Crippen molar-refractivity contribution >= 4 is 5.78 Å². The van der Waals surface area contributed by atoms with Crippen molar-refractivity contribution in [2.45, 2.75) is 52.4 Å². The number of rotatable bonds is 2. The highest BCUT2D eigenvalue weighted by atomic mass is 16.1. The maximum absolute atomic E-state index is 12.2. The molecule has 0 aliphatic heterocycles. The second kappa shape index (κ2) is 4.29. The molecule has 0 saturated carbocycles. The lowest BCUT2D eigenvalue weighted by Gasteiger charge is -2.24. The van der Waals surface area contributed by atoms with Crippen LogP contribution in [0.4, 0.5) is 0 Å². The van der Waals surface area contributed by atoms with Gasteiger partial charge in [0.05, 0.1) is 0 Å². The van der Waals surface area contributed by atoms with Crippen LogP contribution in [-0.2, 0) is 10.8 Å². The normalized spacial score (nSPS) is 15.2. The van der Waals surface area contributed by atoms with Gasteiger partial charge < -0.3 is 0 Å². The summed E-state index contributed by atoms with van der Waals surface area (Å²) in [4.78, 5) is 17.0. The summed E-state index contributed by atoms with van der Waals surface area (Å²) in [6, 6.07) is 3.87. The number of aromatic nitrogens is 1. The molecule has 103 valence electrons. The van der Waals surface area contributed by atoms with E-state index in [2.05, 4.69) is 41.5 Å².